The molecule has 1 saturated heterocycles. The second-order valence-corrected chi connectivity index (χ2v) is 6.80. The molecule has 0 saturated carbocycles. The van der Waals surface area contributed by atoms with E-state index in [0.717, 1.165) is 22.6 Å². The number of anilines is 1. The van der Waals surface area contributed by atoms with Crippen LogP contribution in [-0.4, -0.2) is 16.4 Å². The van der Waals surface area contributed by atoms with E-state index in [4.69, 9.17) is 5.26 Å². The molecule has 0 aliphatic carbocycles. The lowest BCUT2D eigenvalue weighted by molar-refractivity contribution is -0.117. The van der Waals surface area contributed by atoms with E-state index in [-0.39, 0.29) is 11.5 Å². The van der Waals surface area contributed by atoms with E-state index < -0.39 is 5.91 Å². The molecule has 2 heterocycles. The third kappa shape index (κ3) is 3.19. The highest BCUT2D eigenvalue weighted by Crippen LogP contribution is 2.26. The van der Waals surface area contributed by atoms with Crippen molar-refractivity contribution in [3.8, 4) is 11.8 Å². The Hall–Kier alpha value is -4.11. The van der Waals surface area contributed by atoms with E-state index in [9.17, 15) is 9.59 Å². The Bertz CT molecular complexity index is 1180. The highest BCUT2D eigenvalue weighted by molar-refractivity contribution is 6.31. The molecule has 0 unspecified atom stereocenters. The fraction of sp³-hybridized carbons (Fsp3) is 0.0870. The van der Waals surface area contributed by atoms with Crippen molar-refractivity contribution in [3.63, 3.8) is 0 Å². The Morgan fingerprint density at radius 2 is 1.66 bits per heavy atom. The molecular weight excluding hydrogens is 364 g/mol. The van der Waals surface area contributed by atoms with Crippen LogP contribution in [0.25, 0.3) is 11.8 Å². The summed E-state index contributed by atoms with van der Waals surface area (Å²) in [6.07, 6.45) is 1.63. The zero-order valence-electron chi connectivity index (χ0n) is 16.0. The number of carbonyl (C=O) groups excluding carboxylic acids is 2. The molecule has 1 aromatic heterocycles. The zero-order chi connectivity index (χ0) is 20.5. The average Bonchev–Trinajstić information content (AvgIpc) is 3.18. The number of benzene rings is 2. The number of aromatic nitrogens is 1. The molecule has 1 aliphatic heterocycles. The first-order valence-electron chi connectivity index (χ1n) is 9.11. The van der Waals surface area contributed by atoms with Gasteiger partial charge in [0.25, 0.3) is 11.8 Å². The van der Waals surface area contributed by atoms with Gasteiger partial charge in [-0.3, -0.25) is 15.0 Å². The number of hydrazine groups is 1. The van der Waals surface area contributed by atoms with Gasteiger partial charge < -0.3 is 4.57 Å². The number of para-hydroxylation sites is 1. The van der Waals surface area contributed by atoms with Gasteiger partial charge in [-0.2, -0.15) is 5.26 Å². The Balaban J connectivity index is 1.71. The van der Waals surface area contributed by atoms with Crippen molar-refractivity contribution in [3.05, 3.63) is 88.8 Å². The average molecular weight is 382 g/mol. The van der Waals surface area contributed by atoms with Crippen molar-refractivity contribution in [2.24, 2.45) is 0 Å². The standard InChI is InChI=1S/C23H18N4O2/c1-15-12-18(16(2)26(15)19-10-8-17(14-24)9-11-19)13-21-22(28)25-27(23(21)29)20-6-4-3-5-7-20/h3-13H,1-2H3,(H,25,28). The first-order chi connectivity index (χ1) is 14.0. The van der Waals surface area contributed by atoms with Crippen molar-refractivity contribution in [2.75, 3.05) is 5.01 Å². The molecule has 1 fully saturated rings. The smallest absolute Gasteiger partial charge is 0.282 e. The molecule has 1 aliphatic rings. The van der Waals surface area contributed by atoms with E-state index in [1.54, 1.807) is 30.3 Å². The van der Waals surface area contributed by atoms with Gasteiger partial charge >= 0.3 is 0 Å². The number of carbonyl (C=O) groups is 2. The molecule has 0 bridgehead atoms. The lowest BCUT2D eigenvalue weighted by Gasteiger charge is -2.13. The summed E-state index contributed by atoms with van der Waals surface area (Å²) in [6.45, 7) is 3.89. The number of nitrogens with one attached hydrogen (secondary N) is 1. The van der Waals surface area contributed by atoms with E-state index in [1.807, 2.05) is 54.8 Å². The van der Waals surface area contributed by atoms with Gasteiger partial charge in [-0.1, -0.05) is 18.2 Å². The summed E-state index contributed by atoms with van der Waals surface area (Å²) in [4.78, 5) is 25.2. The van der Waals surface area contributed by atoms with Gasteiger partial charge in [0.05, 0.1) is 17.3 Å². The Kier molecular flexibility index (Phi) is 4.49. The number of nitrogens with zero attached hydrogens (tertiary/aromatic N) is 3. The van der Waals surface area contributed by atoms with Gasteiger partial charge in [-0.25, -0.2) is 5.01 Å². The zero-order valence-corrected chi connectivity index (χ0v) is 16.0. The van der Waals surface area contributed by atoms with E-state index in [1.165, 1.54) is 5.01 Å². The Labute approximate surface area is 168 Å². The van der Waals surface area contributed by atoms with Crippen LogP contribution >= 0.6 is 0 Å². The minimum Gasteiger partial charge on any atom is -0.318 e. The number of hydrogen-bond donors (Lipinski definition) is 1. The van der Waals surface area contributed by atoms with Gasteiger partial charge in [-0.15, -0.1) is 0 Å². The number of hydrogen-bond acceptors (Lipinski definition) is 3. The summed E-state index contributed by atoms with van der Waals surface area (Å²) in [5.41, 5.74) is 7.48. The maximum atomic E-state index is 12.8. The molecule has 1 N–H and O–H groups in total. The molecule has 0 radical (unpaired) electrons. The highest BCUT2D eigenvalue weighted by atomic mass is 16.2. The third-order valence-electron chi connectivity index (χ3n) is 4.93. The van der Waals surface area contributed by atoms with Crippen LogP contribution in [0.1, 0.15) is 22.5 Å². The first-order valence-corrected chi connectivity index (χ1v) is 9.11. The van der Waals surface area contributed by atoms with Gasteiger partial charge in [0.2, 0.25) is 0 Å². The normalized spacial score (nSPS) is 14.9. The summed E-state index contributed by atoms with van der Waals surface area (Å²) < 4.78 is 2.03. The van der Waals surface area contributed by atoms with Gasteiger partial charge in [0.1, 0.15) is 5.57 Å². The highest BCUT2D eigenvalue weighted by Gasteiger charge is 2.34. The lowest BCUT2D eigenvalue weighted by atomic mass is 10.1. The fourth-order valence-corrected chi connectivity index (χ4v) is 3.49. The maximum absolute atomic E-state index is 12.8. The lowest BCUT2D eigenvalue weighted by Crippen LogP contribution is -2.35. The molecule has 0 atom stereocenters. The molecular formula is C23H18N4O2. The van der Waals surface area contributed by atoms with Crippen molar-refractivity contribution < 1.29 is 9.59 Å². The maximum Gasteiger partial charge on any atom is 0.282 e. The molecule has 2 amide bonds. The van der Waals surface area contributed by atoms with Crippen molar-refractivity contribution in [1.29, 1.82) is 5.26 Å². The third-order valence-corrected chi connectivity index (χ3v) is 4.93. The Morgan fingerprint density at radius 1 is 0.966 bits per heavy atom. The number of nitriles is 1. The summed E-state index contributed by atoms with van der Waals surface area (Å²) >= 11 is 0. The van der Waals surface area contributed by atoms with Gasteiger partial charge in [0.15, 0.2) is 0 Å². The SMILES string of the molecule is Cc1cc(C=C2C(=O)NN(c3ccccc3)C2=O)c(C)n1-c1ccc(C#N)cc1. The quantitative estimate of drug-likeness (QED) is 0.557. The van der Waals surface area contributed by atoms with Crippen molar-refractivity contribution >= 4 is 23.6 Å². The van der Waals surface area contributed by atoms with Crippen LogP contribution < -0.4 is 10.4 Å². The summed E-state index contributed by atoms with van der Waals surface area (Å²) in [6, 6.07) is 20.3. The molecule has 29 heavy (non-hydrogen) atoms. The number of aryl methyl sites for hydroxylation is 1. The number of rotatable bonds is 3. The minimum absolute atomic E-state index is 0.0916. The fourth-order valence-electron chi connectivity index (χ4n) is 3.49. The molecule has 4 rings (SSSR count). The van der Waals surface area contributed by atoms with Crippen LogP contribution in [0.5, 0.6) is 0 Å². The first kappa shape index (κ1) is 18.3. The minimum atomic E-state index is -0.429. The molecule has 2 aromatic carbocycles. The predicted molar refractivity (Wildman–Crippen MR) is 110 cm³/mol. The molecule has 0 spiro atoms. The topological polar surface area (TPSA) is 78.1 Å². The van der Waals surface area contributed by atoms with E-state index >= 15 is 0 Å². The van der Waals surface area contributed by atoms with Crippen LogP contribution in [0.2, 0.25) is 0 Å². The molecule has 3 aromatic rings. The second kappa shape index (κ2) is 7.13. The monoisotopic (exact) mass is 382 g/mol. The van der Waals surface area contributed by atoms with Crippen LogP contribution in [0.3, 0.4) is 0 Å². The van der Waals surface area contributed by atoms with Crippen LogP contribution in [0, 0.1) is 25.2 Å². The number of amides is 2. The van der Waals surface area contributed by atoms with Crippen LogP contribution in [0.15, 0.2) is 66.2 Å². The van der Waals surface area contributed by atoms with Crippen LogP contribution in [0.4, 0.5) is 5.69 Å². The van der Waals surface area contributed by atoms with Crippen molar-refractivity contribution in [1.82, 2.24) is 9.99 Å². The van der Waals surface area contributed by atoms with Gasteiger partial charge in [0, 0.05) is 17.1 Å². The van der Waals surface area contributed by atoms with E-state index in [0.29, 0.717) is 11.3 Å². The second-order valence-electron chi connectivity index (χ2n) is 6.80. The predicted octanol–water partition coefficient (Wildman–Crippen LogP) is 3.43. The molecule has 6 heteroatoms. The molecule has 6 nitrogen and oxygen atoms in total. The Morgan fingerprint density at radius 3 is 2.31 bits per heavy atom. The summed E-state index contributed by atoms with van der Waals surface area (Å²) in [7, 11) is 0. The largest absolute Gasteiger partial charge is 0.318 e. The van der Waals surface area contributed by atoms with Crippen molar-refractivity contribution in [2.45, 2.75) is 13.8 Å². The van der Waals surface area contributed by atoms with Crippen LogP contribution in [-0.2, 0) is 9.59 Å². The van der Waals surface area contributed by atoms with Gasteiger partial charge in [-0.05, 0) is 68.0 Å². The summed E-state index contributed by atoms with van der Waals surface area (Å²) in [5, 5.41) is 10.2. The summed E-state index contributed by atoms with van der Waals surface area (Å²) in [5.74, 6) is -0.814. The van der Waals surface area contributed by atoms with E-state index in [2.05, 4.69) is 11.5 Å². The molecule has 142 valence electrons.